The standard InChI is InChI=1S/C9H19N3O/c1-12(2)9(13)11-7-6-10-8-4-3-5-8/h8,10H,3-7H2,1-2H3,(H,11,13). The average Bonchev–Trinajstić information content (AvgIpc) is 2.00. The van der Waals surface area contributed by atoms with Gasteiger partial charge in [-0.2, -0.15) is 0 Å². The molecule has 1 saturated carbocycles. The van der Waals surface area contributed by atoms with Crippen LogP contribution in [0.2, 0.25) is 0 Å². The van der Waals surface area contributed by atoms with Crippen molar-refractivity contribution in [3.05, 3.63) is 0 Å². The van der Waals surface area contributed by atoms with Crippen molar-refractivity contribution >= 4 is 6.03 Å². The normalized spacial score (nSPS) is 16.5. The van der Waals surface area contributed by atoms with Crippen LogP contribution < -0.4 is 10.6 Å². The van der Waals surface area contributed by atoms with Crippen molar-refractivity contribution in [1.82, 2.24) is 15.5 Å². The number of carbonyl (C=O) groups excluding carboxylic acids is 1. The Labute approximate surface area is 79.7 Å². The zero-order chi connectivity index (χ0) is 9.68. The van der Waals surface area contributed by atoms with E-state index in [1.54, 1.807) is 19.0 Å². The maximum absolute atomic E-state index is 11.1. The van der Waals surface area contributed by atoms with Crippen LogP contribution in [0, 0.1) is 0 Å². The van der Waals surface area contributed by atoms with Gasteiger partial charge in [-0.1, -0.05) is 6.42 Å². The Hall–Kier alpha value is -0.770. The molecule has 0 atom stereocenters. The largest absolute Gasteiger partial charge is 0.337 e. The van der Waals surface area contributed by atoms with Gasteiger partial charge >= 0.3 is 6.03 Å². The zero-order valence-corrected chi connectivity index (χ0v) is 8.47. The van der Waals surface area contributed by atoms with Crippen LogP contribution in [0.5, 0.6) is 0 Å². The predicted octanol–water partition coefficient (Wildman–Crippen LogP) is 0.400. The van der Waals surface area contributed by atoms with Crippen LogP contribution in [-0.4, -0.2) is 44.2 Å². The van der Waals surface area contributed by atoms with E-state index in [0.29, 0.717) is 12.6 Å². The molecule has 0 aliphatic heterocycles. The summed E-state index contributed by atoms with van der Waals surface area (Å²) in [5.41, 5.74) is 0. The van der Waals surface area contributed by atoms with E-state index in [2.05, 4.69) is 10.6 Å². The Morgan fingerprint density at radius 2 is 2.08 bits per heavy atom. The molecule has 4 heteroatoms. The molecule has 0 aromatic heterocycles. The number of nitrogens with zero attached hydrogens (tertiary/aromatic N) is 1. The number of urea groups is 1. The Kier molecular flexibility index (Phi) is 4.02. The number of rotatable bonds is 4. The first-order valence-electron chi connectivity index (χ1n) is 4.88. The van der Waals surface area contributed by atoms with Crippen molar-refractivity contribution in [2.24, 2.45) is 0 Å². The molecule has 0 aromatic rings. The van der Waals surface area contributed by atoms with Gasteiger partial charge in [0.2, 0.25) is 0 Å². The number of hydrogen-bond donors (Lipinski definition) is 2. The smallest absolute Gasteiger partial charge is 0.316 e. The highest BCUT2D eigenvalue weighted by Crippen LogP contribution is 2.17. The summed E-state index contributed by atoms with van der Waals surface area (Å²) >= 11 is 0. The predicted molar refractivity (Wildman–Crippen MR) is 52.7 cm³/mol. The molecule has 0 heterocycles. The van der Waals surface area contributed by atoms with Crippen LogP contribution >= 0.6 is 0 Å². The van der Waals surface area contributed by atoms with Crippen molar-refractivity contribution in [2.45, 2.75) is 25.3 Å². The van der Waals surface area contributed by atoms with Gasteiger partial charge in [-0.15, -0.1) is 0 Å². The molecule has 13 heavy (non-hydrogen) atoms. The molecule has 0 spiro atoms. The second-order valence-electron chi connectivity index (χ2n) is 3.71. The Bertz CT molecular complexity index is 166. The second kappa shape index (κ2) is 5.07. The monoisotopic (exact) mass is 185 g/mol. The minimum Gasteiger partial charge on any atom is -0.337 e. The maximum atomic E-state index is 11.1. The summed E-state index contributed by atoms with van der Waals surface area (Å²) in [4.78, 5) is 12.6. The van der Waals surface area contributed by atoms with Gasteiger partial charge in [0, 0.05) is 33.2 Å². The van der Waals surface area contributed by atoms with Crippen LogP contribution in [0.3, 0.4) is 0 Å². The molecule has 0 radical (unpaired) electrons. The van der Waals surface area contributed by atoms with Gasteiger partial charge in [-0.3, -0.25) is 0 Å². The summed E-state index contributed by atoms with van der Waals surface area (Å²) < 4.78 is 0. The van der Waals surface area contributed by atoms with Gasteiger partial charge in [0.25, 0.3) is 0 Å². The van der Waals surface area contributed by atoms with E-state index in [9.17, 15) is 4.79 Å². The van der Waals surface area contributed by atoms with Crippen molar-refractivity contribution in [2.75, 3.05) is 27.2 Å². The molecule has 76 valence electrons. The summed E-state index contributed by atoms with van der Waals surface area (Å²) in [6.45, 7) is 1.60. The molecule has 1 aliphatic carbocycles. The minimum absolute atomic E-state index is 0.0181. The number of amides is 2. The lowest BCUT2D eigenvalue weighted by molar-refractivity contribution is 0.217. The van der Waals surface area contributed by atoms with Gasteiger partial charge in [0.15, 0.2) is 0 Å². The first kappa shape index (κ1) is 10.3. The minimum atomic E-state index is -0.0181. The van der Waals surface area contributed by atoms with Crippen LogP contribution in [-0.2, 0) is 0 Å². The van der Waals surface area contributed by atoms with Crippen molar-refractivity contribution in [1.29, 1.82) is 0 Å². The molecule has 2 N–H and O–H groups in total. The van der Waals surface area contributed by atoms with E-state index in [-0.39, 0.29) is 6.03 Å². The fourth-order valence-corrected chi connectivity index (χ4v) is 1.22. The molecule has 0 saturated heterocycles. The highest BCUT2D eigenvalue weighted by molar-refractivity contribution is 5.73. The first-order valence-corrected chi connectivity index (χ1v) is 4.88. The number of nitrogens with one attached hydrogen (secondary N) is 2. The molecule has 0 bridgehead atoms. The van der Waals surface area contributed by atoms with E-state index < -0.39 is 0 Å². The van der Waals surface area contributed by atoms with Crippen molar-refractivity contribution in [3.8, 4) is 0 Å². The molecule has 4 nitrogen and oxygen atoms in total. The van der Waals surface area contributed by atoms with Crippen molar-refractivity contribution < 1.29 is 4.79 Å². The second-order valence-corrected chi connectivity index (χ2v) is 3.71. The van der Waals surface area contributed by atoms with Crippen LogP contribution in [0.4, 0.5) is 4.79 Å². The van der Waals surface area contributed by atoms with E-state index >= 15 is 0 Å². The molecule has 1 fully saturated rings. The molecule has 0 aromatic carbocycles. The lowest BCUT2D eigenvalue weighted by atomic mass is 9.93. The Morgan fingerprint density at radius 3 is 2.54 bits per heavy atom. The van der Waals surface area contributed by atoms with Crippen molar-refractivity contribution in [3.63, 3.8) is 0 Å². The van der Waals surface area contributed by atoms with E-state index in [4.69, 9.17) is 0 Å². The lowest BCUT2D eigenvalue weighted by Gasteiger charge is -2.26. The highest BCUT2D eigenvalue weighted by atomic mass is 16.2. The summed E-state index contributed by atoms with van der Waals surface area (Å²) in [5, 5.41) is 6.19. The van der Waals surface area contributed by atoms with Gasteiger partial charge in [0.1, 0.15) is 0 Å². The van der Waals surface area contributed by atoms with Gasteiger partial charge < -0.3 is 15.5 Å². The first-order chi connectivity index (χ1) is 6.20. The molecular formula is C9H19N3O. The number of carbonyl (C=O) groups is 1. The van der Waals surface area contributed by atoms with E-state index in [1.165, 1.54) is 19.3 Å². The molecule has 0 unspecified atom stereocenters. The molecular weight excluding hydrogens is 166 g/mol. The fourth-order valence-electron chi connectivity index (χ4n) is 1.22. The Balaban J connectivity index is 1.91. The fraction of sp³-hybridized carbons (Fsp3) is 0.889. The lowest BCUT2D eigenvalue weighted by Crippen LogP contribution is -2.42. The van der Waals surface area contributed by atoms with E-state index in [0.717, 1.165) is 6.54 Å². The topological polar surface area (TPSA) is 44.4 Å². The maximum Gasteiger partial charge on any atom is 0.316 e. The molecule has 2 amide bonds. The summed E-state index contributed by atoms with van der Waals surface area (Å²) in [5.74, 6) is 0. The summed E-state index contributed by atoms with van der Waals surface area (Å²) in [7, 11) is 3.49. The third-order valence-electron chi connectivity index (χ3n) is 2.35. The molecule has 1 aliphatic rings. The van der Waals surface area contributed by atoms with Gasteiger partial charge in [-0.05, 0) is 12.8 Å². The zero-order valence-electron chi connectivity index (χ0n) is 8.47. The summed E-state index contributed by atoms with van der Waals surface area (Å²) in [6.07, 6.45) is 3.94. The van der Waals surface area contributed by atoms with Crippen LogP contribution in [0.25, 0.3) is 0 Å². The average molecular weight is 185 g/mol. The third kappa shape index (κ3) is 3.63. The summed E-state index contributed by atoms with van der Waals surface area (Å²) in [6, 6.07) is 0.687. The number of hydrogen-bond acceptors (Lipinski definition) is 2. The Morgan fingerprint density at radius 1 is 1.38 bits per heavy atom. The highest BCUT2D eigenvalue weighted by Gasteiger charge is 2.15. The SMILES string of the molecule is CN(C)C(=O)NCCNC1CCC1. The third-order valence-corrected chi connectivity index (χ3v) is 2.35. The van der Waals surface area contributed by atoms with Crippen LogP contribution in [0.15, 0.2) is 0 Å². The van der Waals surface area contributed by atoms with Gasteiger partial charge in [0.05, 0.1) is 0 Å². The molecule has 1 rings (SSSR count). The van der Waals surface area contributed by atoms with Gasteiger partial charge in [-0.25, -0.2) is 4.79 Å². The van der Waals surface area contributed by atoms with Crippen LogP contribution in [0.1, 0.15) is 19.3 Å². The van der Waals surface area contributed by atoms with E-state index in [1.807, 2.05) is 0 Å². The quantitative estimate of drug-likeness (QED) is 0.623.